The zero-order chi connectivity index (χ0) is 17.4. The molecule has 0 fully saturated rings. The highest BCUT2D eigenvalue weighted by molar-refractivity contribution is 5.87. The van der Waals surface area contributed by atoms with Gasteiger partial charge >= 0.3 is 0 Å². The Balaban J connectivity index is 1.70. The molecule has 1 atom stereocenters. The first kappa shape index (κ1) is 16.1. The van der Waals surface area contributed by atoms with Gasteiger partial charge in [0, 0.05) is 22.5 Å². The van der Waals surface area contributed by atoms with Crippen LogP contribution in [0.1, 0.15) is 41.1 Å². The van der Waals surface area contributed by atoms with Gasteiger partial charge in [-0.1, -0.05) is 24.3 Å². The number of aromatic nitrogens is 1. The molecule has 1 heterocycles. The van der Waals surface area contributed by atoms with E-state index < -0.39 is 0 Å². The number of ether oxygens (including phenoxy) is 2. The molecule has 0 radical (unpaired) electrons. The summed E-state index contributed by atoms with van der Waals surface area (Å²) in [5, 5.41) is 1.41. The molecule has 0 aliphatic heterocycles. The number of hydrogen-bond donors (Lipinski definition) is 1. The van der Waals surface area contributed by atoms with Crippen molar-refractivity contribution in [2.45, 2.75) is 38.5 Å². The smallest absolute Gasteiger partial charge is 0.160 e. The quantitative estimate of drug-likeness (QED) is 0.715. The van der Waals surface area contributed by atoms with Crippen LogP contribution in [0.4, 0.5) is 0 Å². The Morgan fingerprint density at radius 3 is 2.72 bits per heavy atom. The number of nitrogens with one attached hydrogen (secondary N) is 1. The predicted octanol–water partition coefficient (Wildman–Crippen LogP) is 5.16. The van der Waals surface area contributed by atoms with Crippen LogP contribution in [0.15, 0.2) is 36.4 Å². The third kappa shape index (κ3) is 2.78. The van der Waals surface area contributed by atoms with Crippen molar-refractivity contribution in [2.24, 2.45) is 0 Å². The maximum Gasteiger partial charge on any atom is 0.160 e. The molecule has 0 bridgehead atoms. The van der Waals surface area contributed by atoms with Crippen LogP contribution in [0.2, 0.25) is 0 Å². The summed E-state index contributed by atoms with van der Waals surface area (Å²) in [6.07, 6.45) is 4.69. The molecular weight excluding hydrogens is 310 g/mol. The van der Waals surface area contributed by atoms with E-state index >= 15 is 0 Å². The highest BCUT2D eigenvalue weighted by Gasteiger charge is 2.25. The van der Waals surface area contributed by atoms with Gasteiger partial charge in [-0.3, -0.25) is 0 Å². The minimum Gasteiger partial charge on any atom is -0.493 e. The van der Waals surface area contributed by atoms with Crippen LogP contribution in [0.25, 0.3) is 10.9 Å². The Labute approximate surface area is 149 Å². The van der Waals surface area contributed by atoms with E-state index in [1.54, 1.807) is 14.2 Å². The maximum atomic E-state index is 5.47. The molecule has 0 spiro atoms. The van der Waals surface area contributed by atoms with Crippen LogP contribution in [0, 0.1) is 6.92 Å². The topological polar surface area (TPSA) is 34.2 Å². The van der Waals surface area contributed by atoms with Crippen LogP contribution >= 0.6 is 0 Å². The summed E-state index contributed by atoms with van der Waals surface area (Å²) in [7, 11) is 3.37. The van der Waals surface area contributed by atoms with E-state index in [1.165, 1.54) is 52.5 Å². The van der Waals surface area contributed by atoms with Gasteiger partial charge in [0.1, 0.15) is 0 Å². The van der Waals surface area contributed by atoms with Crippen LogP contribution in [0.3, 0.4) is 0 Å². The summed E-state index contributed by atoms with van der Waals surface area (Å²) < 4.78 is 10.8. The number of hydrogen-bond acceptors (Lipinski definition) is 2. The molecule has 0 saturated heterocycles. The van der Waals surface area contributed by atoms with Crippen molar-refractivity contribution in [3.8, 4) is 11.5 Å². The lowest BCUT2D eigenvalue weighted by Crippen LogP contribution is -2.11. The van der Waals surface area contributed by atoms with E-state index in [-0.39, 0.29) is 0 Å². The van der Waals surface area contributed by atoms with E-state index in [2.05, 4.69) is 42.2 Å². The summed E-state index contributed by atoms with van der Waals surface area (Å²) in [5.74, 6) is 2.13. The molecule has 3 nitrogen and oxygen atoms in total. The van der Waals surface area contributed by atoms with Crippen LogP contribution in [-0.4, -0.2) is 19.2 Å². The third-order valence-corrected chi connectivity index (χ3v) is 5.50. The molecular formula is C22H25NO2. The van der Waals surface area contributed by atoms with E-state index in [0.717, 1.165) is 17.9 Å². The zero-order valence-corrected chi connectivity index (χ0v) is 15.2. The Morgan fingerprint density at radius 1 is 1.08 bits per heavy atom. The van der Waals surface area contributed by atoms with Gasteiger partial charge in [0.15, 0.2) is 11.5 Å². The van der Waals surface area contributed by atoms with Crippen molar-refractivity contribution in [3.63, 3.8) is 0 Å². The molecule has 1 N–H and O–H groups in total. The average molecular weight is 335 g/mol. The third-order valence-electron chi connectivity index (χ3n) is 5.50. The first-order valence-corrected chi connectivity index (χ1v) is 9.02. The Bertz CT molecular complexity index is 910. The van der Waals surface area contributed by atoms with E-state index in [4.69, 9.17) is 9.47 Å². The van der Waals surface area contributed by atoms with Gasteiger partial charge in [-0.25, -0.2) is 0 Å². The summed E-state index contributed by atoms with van der Waals surface area (Å²) in [6, 6.07) is 12.9. The molecule has 1 aromatic heterocycles. The number of aromatic amines is 1. The largest absolute Gasteiger partial charge is 0.493 e. The van der Waals surface area contributed by atoms with Crippen molar-refractivity contribution < 1.29 is 9.47 Å². The fourth-order valence-electron chi connectivity index (χ4n) is 4.22. The van der Waals surface area contributed by atoms with Crippen LogP contribution < -0.4 is 9.47 Å². The van der Waals surface area contributed by atoms with Gasteiger partial charge in [-0.2, -0.15) is 0 Å². The fourth-order valence-corrected chi connectivity index (χ4v) is 4.22. The lowest BCUT2D eigenvalue weighted by Gasteiger charge is -2.23. The van der Waals surface area contributed by atoms with Crippen molar-refractivity contribution in [1.29, 1.82) is 0 Å². The van der Waals surface area contributed by atoms with Crippen LogP contribution in [0.5, 0.6) is 11.5 Å². The normalized spacial score (nSPS) is 16.7. The predicted molar refractivity (Wildman–Crippen MR) is 102 cm³/mol. The van der Waals surface area contributed by atoms with E-state index in [0.29, 0.717) is 5.92 Å². The van der Waals surface area contributed by atoms with Gasteiger partial charge in [0.25, 0.3) is 0 Å². The number of H-pyrrole nitrogens is 1. The molecule has 4 rings (SSSR count). The second kappa shape index (κ2) is 6.47. The fraction of sp³-hybridized carbons (Fsp3) is 0.364. The molecule has 0 amide bonds. The molecule has 1 aliphatic rings. The number of methoxy groups -OCH3 is 2. The van der Waals surface area contributed by atoms with Crippen LogP contribution in [-0.2, 0) is 12.8 Å². The van der Waals surface area contributed by atoms with Gasteiger partial charge in [0.05, 0.1) is 14.2 Å². The second-order valence-electron chi connectivity index (χ2n) is 7.00. The molecule has 1 unspecified atom stereocenters. The molecule has 2 aromatic carbocycles. The second-order valence-corrected chi connectivity index (χ2v) is 7.00. The number of benzene rings is 2. The van der Waals surface area contributed by atoms with E-state index in [9.17, 15) is 0 Å². The van der Waals surface area contributed by atoms with Crippen molar-refractivity contribution in [2.75, 3.05) is 14.2 Å². The minimum absolute atomic E-state index is 0.536. The lowest BCUT2D eigenvalue weighted by atomic mass is 9.83. The summed E-state index contributed by atoms with van der Waals surface area (Å²) in [6.45, 7) is 2.19. The maximum absolute atomic E-state index is 5.47. The number of para-hydroxylation sites is 1. The Hall–Kier alpha value is -2.42. The summed E-state index contributed by atoms with van der Waals surface area (Å²) >= 11 is 0. The molecule has 130 valence electrons. The molecule has 3 aromatic rings. The SMILES string of the molecule is COc1ccc(CC2CCCc3c2[nH]c2c(C)cccc32)cc1OC. The number of rotatable bonds is 4. The lowest BCUT2D eigenvalue weighted by molar-refractivity contribution is 0.354. The highest BCUT2D eigenvalue weighted by Crippen LogP contribution is 2.39. The number of aryl methyl sites for hydroxylation is 2. The minimum atomic E-state index is 0.536. The molecule has 0 saturated carbocycles. The van der Waals surface area contributed by atoms with Gasteiger partial charge in [0.2, 0.25) is 0 Å². The summed E-state index contributed by atoms with van der Waals surface area (Å²) in [5.41, 5.74) is 6.90. The van der Waals surface area contributed by atoms with Crippen molar-refractivity contribution >= 4 is 10.9 Å². The van der Waals surface area contributed by atoms with Crippen molar-refractivity contribution in [1.82, 2.24) is 4.98 Å². The van der Waals surface area contributed by atoms with Gasteiger partial charge in [-0.15, -0.1) is 0 Å². The average Bonchev–Trinajstić information content (AvgIpc) is 3.03. The first-order valence-electron chi connectivity index (χ1n) is 9.02. The zero-order valence-electron chi connectivity index (χ0n) is 15.2. The van der Waals surface area contributed by atoms with Gasteiger partial charge in [-0.05, 0) is 61.4 Å². The van der Waals surface area contributed by atoms with Crippen molar-refractivity contribution in [3.05, 3.63) is 58.8 Å². The Kier molecular flexibility index (Phi) is 4.16. The summed E-state index contributed by atoms with van der Waals surface area (Å²) in [4.78, 5) is 3.75. The molecule has 1 aliphatic carbocycles. The first-order chi connectivity index (χ1) is 12.2. The van der Waals surface area contributed by atoms with Gasteiger partial charge < -0.3 is 14.5 Å². The highest BCUT2D eigenvalue weighted by atomic mass is 16.5. The molecule has 3 heteroatoms. The Morgan fingerprint density at radius 2 is 1.92 bits per heavy atom. The molecule has 25 heavy (non-hydrogen) atoms. The standard InChI is InChI=1S/C22H25NO2/c1-14-6-4-8-17-18-9-5-7-16(22(18)23-21(14)17)12-15-10-11-19(24-2)20(13-15)25-3/h4,6,8,10-11,13,16,23H,5,7,9,12H2,1-3H3. The number of fused-ring (bicyclic) bond motifs is 3. The van der Waals surface area contributed by atoms with E-state index in [1.807, 2.05) is 6.07 Å². The monoisotopic (exact) mass is 335 g/mol.